The molecule has 9 rings (SSSR count). The Balaban J connectivity index is 1.44. The lowest BCUT2D eigenvalue weighted by Gasteiger charge is -2.19. The number of nitrogens with zero attached hydrogens (tertiary/aromatic N) is 1. The predicted molar refractivity (Wildman–Crippen MR) is 201 cm³/mol. The number of benzene rings is 7. The Morgan fingerprint density at radius 1 is 0.478 bits per heavy atom. The van der Waals surface area contributed by atoms with Gasteiger partial charge in [0.1, 0.15) is 0 Å². The van der Waals surface area contributed by atoms with Gasteiger partial charge in [0, 0.05) is 47.4 Å². The monoisotopic (exact) mass is 607 g/mol. The molecule has 0 atom stereocenters. The molecule has 0 fully saturated rings. The second-order valence-electron chi connectivity index (χ2n) is 13.4. The van der Waals surface area contributed by atoms with Crippen LogP contribution in [0.25, 0.3) is 80.7 Å². The van der Waals surface area contributed by atoms with Crippen LogP contribution in [0.4, 0.5) is 0 Å². The highest BCUT2D eigenvalue weighted by Crippen LogP contribution is 2.50. The van der Waals surface area contributed by atoms with Crippen molar-refractivity contribution in [3.05, 3.63) is 151 Å². The minimum atomic E-state index is 0.125. The number of para-hydroxylation sites is 1. The number of hydrogen-bond donors (Lipinski definition) is 0. The maximum absolute atomic E-state index is 2.50. The zero-order valence-corrected chi connectivity index (χ0v) is 27.0. The van der Waals surface area contributed by atoms with Crippen LogP contribution in [0.5, 0.6) is 0 Å². The summed E-state index contributed by atoms with van der Waals surface area (Å²) in [5.41, 5.74) is 10.2. The van der Waals surface area contributed by atoms with Crippen LogP contribution in [-0.2, 0) is 5.41 Å². The molecule has 46 heavy (non-hydrogen) atoms. The van der Waals surface area contributed by atoms with Crippen LogP contribution in [-0.4, -0.2) is 4.57 Å². The maximum Gasteiger partial charge on any atom is 0.0626 e. The van der Waals surface area contributed by atoms with Crippen LogP contribution in [0.2, 0.25) is 0 Å². The summed E-state index contributed by atoms with van der Waals surface area (Å²) in [6.07, 6.45) is 0. The molecule has 0 unspecified atom stereocenters. The number of thiophene rings is 1. The van der Waals surface area contributed by atoms with Crippen LogP contribution in [0, 0.1) is 0 Å². The molecule has 0 spiro atoms. The van der Waals surface area contributed by atoms with E-state index < -0.39 is 0 Å². The second-order valence-corrected chi connectivity index (χ2v) is 14.4. The number of rotatable bonds is 3. The van der Waals surface area contributed by atoms with Crippen molar-refractivity contribution in [2.24, 2.45) is 0 Å². The first-order valence-electron chi connectivity index (χ1n) is 16.0. The molecule has 0 saturated carbocycles. The molecule has 1 nitrogen and oxygen atoms in total. The van der Waals surface area contributed by atoms with E-state index >= 15 is 0 Å². The van der Waals surface area contributed by atoms with Crippen molar-refractivity contribution in [1.29, 1.82) is 0 Å². The van der Waals surface area contributed by atoms with E-state index in [0.29, 0.717) is 0 Å². The Kier molecular flexibility index (Phi) is 6.00. The SMILES string of the molecule is CC(C)(C)c1ccc(-c2cccc3c2sc2c4ccccc4c4c(c5ccc(-c6ccccc6)cc5n4-c4ccccc4)c32)cc1. The average molecular weight is 608 g/mol. The topological polar surface area (TPSA) is 4.93 Å². The summed E-state index contributed by atoms with van der Waals surface area (Å²) in [6.45, 7) is 6.83. The fraction of sp³-hybridized carbons (Fsp3) is 0.0909. The Morgan fingerprint density at radius 2 is 1.13 bits per heavy atom. The van der Waals surface area contributed by atoms with Gasteiger partial charge in [-0.1, -0.05) is 148 Å². The molecule has 0 radical (unpaired) electrons. The highest BCUT2D eigenvalue weighted by molar-refractivity contribution is 7.27. The molecule has 220 valence electrons. The van der Waals surface area contributed by atoms with Gasteiger partial charge in [-0.2, -0.15) is 0 Å². The van der Waals surface area contributed by atoms with E-state index in [0.717, 1.165) is 0 Å². The summed E-state index contributed by atoms with van der Waals surface area (Å²) in [5.74, 6) is 0. The van der Waals surface area contributed by atoms with Gasteiger partial charge in [-0.15, -0.1) is 11.3 Å². The molecular weight excluding hydrogens is 575 g/mol. The number of hydrogen-bond acceptors (Lipinski definition) is 1. The third-order valence-electron chi connectivity index (χ3n) is 9.54. The Bertz CT molecular complexity index is 2580. The maximum atomic E-state index is 2.50. The van der Waals surface area contributed by atoms with E-state index in [2.05, 4.69) is 171 Å². The van der Waals surface area contributed by atoms with Crippen molar-refractivity contribution in [2.45, 2.75) is 26.2 Å². The van der Waals surface area contributed by atoms with Crippen LogP contribution >= 0.6 is 11.3 Å². The molecule has 0 bridgehead atoms. The van der Waals surface area contributed by atoms with E-state index in [1.165, 1.54) is 86.3 Å². The number of fused-ring (bicyclic) bond motifs is 10. The molecule has 0 aliphatic heterocycles. The zero-order valence-electron chi connectivity index (χ0n) is 26.2. The predicted octanol–water partition coefficient (Wildman–Crippen LogP) is 12.9. The summed E-state index contributed by atoms with van der Waals surface area (Å²) in [4.78, 5) is 0. The molecule has 7 aromatic carbocycles. The standard InChI is InChI=1S/C44H33NS/c1-44(2,3)31-24-21-29(22-25-31)33-19-12-20-37-40-39-36-26-23-30(28-13-6-4-7-14-28)27-38(36)45(32-15-8-5-9-16-32)41(39)34-17-10-11-18-35(34)43(40)46-42(33)37/h4-27H,1-3H3. The molecule has 0 aliphatic rings. The first kappa shape index (κ1) is 27.2. The lowest BCUT2D eigenvalue weighted by atomic mass is 9.86. The van der Waals surface area contributed by atoms with Gasteiger partial charge >= 0.3 is 0 Å². The van der Waals surface area contributed by atoms with Crippen molar-refractivity contribution in [1.82, 2.24) is 4.57 Å². The molecule has 0 amide bonds. The Hall–Kier alpha value is -5.18. The van der Waals surface area contributed by atoms with Gasteiger partial charge in [0.25, 0.3) is 0 Å². The van der Waals surface area contributed by atoms with E-state index in [4.69, 9.17) is 0 Å². The normalized spacial score (nSPS) is 12.2. The highest BCUT2D eigenvalue weighted by Gasteiger charge is 2.23. The van der Waals surface area contributed by atoms with Crippen LogP contribution in [0.1, 0.15) is 26.3 Å². The summed E-state index contributed by atoms with van der Waals surface area (Å²) in [5, 5.41) is 7.89. The number of aromatic nitrogens is 1. The fourth-order valence-corrected chi connectivity index (χ4v) is 8.66. The second kappa shape index (κ2) is 10.2. The van der Waals surface area contributed by atoms with Crippen molar-refractivity contribution in [3.63, 3.8) is 0 Å². The van der Waals surface area contributed by atoms with E-state index in [1.54, 1.807) is 0 Å². The Morgan fingerprint density at radius 3 is 1.87 bits per heavy atom. The van der Waals surface area contributed by atoms with Crippen molar-refractivity contribution in [2.75, 3.05) is 0 Å². The van der Waals surface area contributed by atoms with Gasteiger partial charge in [0.2, 0.25) is 0 Å². The van der Waals surface area contributed by atoms with Gasteiger partial charge in [0.05, 0.1) is 11.0 Å². The molecule has 0 N–H and O–H groups in total. The van der Waals surface area contributed by atoms with Gasteiger partial charge < -0.3 is 4.57 Å². The largest absolute Gasteiger partial charge is 0.309 e. The molecule has 2 aromatic heterocycles. The minimum Gasteiger partial charge on any atom is -0.309 e. The third kappa shape index (κ3) is 4.07. The van der Waals surface area contributed by atoms with Crippen molar-refractivity contribution >= 4 is 64.1 Å². The third-order valence-corrected chi connectivity index (χ3v) is 10.8. The van der Waals surface area contributed by atoms with E-state index in [9.17, 15) is 0 Å². The van der Waals surface area contributed by atoms with E-state index in [-0.39, 0.29) is 5.41 Å². The smallest absolute Gasteiger partial charge is 0.0626 e. The molecule has 2 heteroatoms. The lowest BCUT2D eigenvalue weighted by molar-refractivity contribution is 0.590. The summed E-state index contributed by atoms with van der Waals surface area (Å²) in [6, 6.07) is 53.7. The average Bonchev–Trinajstić information content (AvgIpc) is 3.65. The lowest BCUT2D eigenvalue weighted by Crippen LogP contribution is -2.10. The summed E-state index contributed by atoms with van der Waals surface area (Å²) >= 11 is 1.94. The molecule has 0 aliphatic carbocycles. The summed E-state index contributed by atoms with van der Waals surface area (Å²) < 4.78 is 5.20. The van der Waals surface area contributed by atoms with Gasteiger partial charge in [0.15, 0.2) is 0 Å². The quantitative estimate of drug-likeness (QED) is 0.188. The van der Waals surface area contributed by atoms with Gasteiger partial charge in [-0.25, -0.2) is 0 Å². The van der Waals surface area contributed by atoms with Crippen LogP contribution in [0.15, 0.2) is 146 Å². The van der Waals surface area contributed by atoms with Crippen molar-refractivity contribution < 1.29 is 0 Å². The molecule has 0 saturated heterocycles. The highest BCUT2D eigenvalue weighted by atomic mass is 32.1. The van der Waals surface area contributed by atoms with Crippen LogP contribution < -0.4 is 0 Å². The first-order chi connectivity index (χ1) is 22.5. The fourth-order valence-electron chi connectivity index (χ4n) is 7.27. The molecule has 9 aromatic rings. The minimum absolute atomic E-state index is 0.125. The first-order valence-corrected chi connectivity index (χ1v) is 16.8. The van der Waals surface area contributed by atoms with Gasteiger partial charge in [-0.05, 0) is 51.4 Å². The van der Waals surface area contributed by atoms with E-state index in [1.807, 2.05) is 11.3 Å². The zero-order chi connectivity index (χ0) is 31.0. The molecule has 2 heterocycles. The van der Waals surface area contributed by atoms with Gasteiger partial charge in [-0.3, -0.25) is 0 Å². The van der Waals surface area contributed by atoms with Crippen LogP contribution in [0.3, 0.4) is 0 Å². The molecular formula is C44H33NS. The summed E-state index contributed by atoms with van der Waals surface area (Å²) in [7, 11) is 0. The van der Waals surface area contributed by atoms with Crippen molar-refractivity contribution in [3.8, 4) is 27.9 Å². The Labute approximate surface area is 273 Å².